The predicted molar refractivity (Wildman–Crippen MR) is 351 cm³/mol. The van der Waals surface area contributed by atoms with Gasteiger partial charge in [0.1, 0.15) is 0 Å². The largest absolute Gasteiger partial charge is 3.00 e. The quantitative estimate of drug-likeness (QED) is 0.107. The van der Waals surface area contributed by atoms with Gasteiger partial charge in [0.05, 0.1) is 0 Å². The molecule has 0 saturated heterocycles. The second-order valence-corrected chi connectivity index (χ2v) is 35.2. The molecule has 4 nitrogen and oxygen atoms in total. The molecule has 0 saturated carbocycles. The summed E-state index contributed by atoms with van der Waals surface area (Å²) in [6, 6.07) is 68.7. The molecule has 8 aromatic carbocycles. The van der Waals surface area contributed by atoms with Crippen molar-refractivity contribution in [1.29, 1.82) is 0 Å². The minimum Gasteiger partial charge on any atom is 3.00 e. The van der Waals surface area contributed by atoms with E-state index in [1.54, 1.807) is 47.2 Å². The van der Waals surface area contributed by atoms with E-state index in [0.717, 1.165) is 76.2 Å². The average Bonchev–Trinajstić information content (AvgIpc) is 1.78. The van der Waals surface area contributed by atoms with E-state index < -0.39 is 26.0 Å². The van der Waals surface area contributed by atoms with Crippen LogP contribution in [0, 0.1) is 43.9 Å². The molecular formula is C74H64GeIrN3OS2. The van der Waals surface area contributed by atoms with Crippen LogP contribution in [0.25, 0.3) is 118 Å². The van der Waals surface area contributed by atoms with Crippen LogP contribution in [0.4, 0.5) is 0 Å². The molecule has 6 aromatic heterocycles. The Balaban J connectivity index is 0.000000137. The summed E-state index contributed by atoms with van der Waals surface area (Å²) in [5, 5.41) is 9.65. The molecule has 14 rings (SSSR count). The summed E-state index contributed by atoms with van der Waals surface area (Å²) in [6.45, 7) is 11.8. The number of hydrogen-bond donors (Lipinski definition) is 0. The van der Waals surface area contributed by atoms with E-state index >= 15 is 0 Å². The molecule has 0 aliphatic rings. The van der Waals surface area contributed by atoms with Crippen LogP contribution in [-0.2, 0) is 32.9 Å². The third-order valence-corrected chi connectivity index (χ3v) is 21.1. The molecule has 0 amide bonds. The number of furan rings is 1. The number of rotatable bonds is 9. The SMILES string of the molecule is [2H]C([2H])(c1ccnc(-c2[c-]c(C)cc3c2sc2ccc(-c4cccc5ccccc45)cc23)c1)C(C)C.[2H]C([2H])(c1ccnc(-c2[c-]c(C)cc3c2sc2ccccc23)c1)C(C)C.[CH3][Ge]([CH3])([CH3])[c]1ccc(-c2[c-]cc3oc4ccccc4c3c2)nc1.[Ir+3]. The van der Waals surface area contributed by atoms with E-state index in [1.807, 2.05) is 77.2 Å². The van der Waals surface area contributed by atoms with E-state index in [9.17, 15) is 0 Å². The Hall–Kier alpha value is -7.10. The van der Waals surface area contributed by atoms with Gasteiger partial charge in [-0.15, -0.1) is 46.5 Å². The fourth-order valence-corrected chi connectivity index (χ4v) is 15.2. The molecule has 0 bridgehead atoms. The van der Waals surface area contributed by atoms with Crippen LogP contribution in [0.1, 0.15) is 55.4 Å². The smallest absolute Gasteiger partial charge is 3.00 e. The van der Waals surface area contributed by atoms with E-state index in [1.165, 1.54) is 57.2 Å². The van der Waals surface area contributed by atoms with Gasteiger partial charge in [-0.2, -0.15) is 22.7 Å². The molecule has 14 aromatic rings. The van der Waals surface area contributed by atoms with Gasteiger partial charge in [-0.3, -0.25) is 0 Å². The van der Waals surface area contributed by atoms with Crippen LogP contribution < -0.4 is 4.40 Å². The molecule has 0 spiro atoms. The third kappa shape index (κ3) is 11.9. The van der Waals surface area contributed by atoms with Gasteiger partial charge < -0.3 is 9.97 Å². The van der Waals surface area contributed by atoms with Crippen molar-refractivity contribution in [3.05, 3.63) is 229 Å². The molecule has 0 aliphatic heterocycles. The number of para-hydroxylation sites is 1. The zero-order valence-electron chi connectivity index (χ0n) is 51.5. The second kappa shape index (κ2) is 24.0. The van der Waals surface area contributed by atoms with Crippen LogP contribution in [0.2, 0.25) is 17.3 Å². The maximum Gasteiger partial charge on any atom is 3.00 e. The normalized spacial score (nSPS) is 12.8. The van der Waals surface area contributed by atoms with Crippen molar-refractivity contribution >= 4 is 113 Å². The number of fused-ring (bicyclic) bond motifs is 10. The van der Waals surface area contributed by atoms with Gasteiger partial charge in [-0.1, -0.05) is 142 Å². The van der Waals surface area contributed by atoms with Crippen molar-refractivity contribution in [1.82, 2.24) is 15.0 Å². The van der Waals surface area contributed by atoms with Gasteiger partial charge >= 0.3 is 158 Å². The fourth-order valence-electron chi connectivity index (χ4n) is 10.7. The van der Waals surface area contributed by atoms with Crippen LogP contribution >= 0.6 is 22.7 Å². The van der Waals surface area contributed by atoms with Crippen LogP contribution in [0.5, 0.6) is 0 Å². The molecular weight excluding hydrogens is 1280 g/mol. The number of benzene rings is 8. The van der Waals surface area contributed by atoms with E-state index in [2.05, 4.69) is 179 Å². The molecule has 0 N–H and O–H groups in total. The number of aromatic nitrogens is 3. The molecule has 0 unspecified atom stereocenters. The van der Waals surface area contributed by atoms with Crippen molar-refractivity contribution in [2.75, 3.05) is 0 Å². The summed E-state index contributed by atoms with van der Waals surface area (Å²) in [5.74, 6) is 6.90. The Morgan fingerprint density at radius 2 is 1.11 bits per heavy atom. The van der Waals surface area contributed by atoms with Gasteiger partial charge in [0.15, 0.2) is 0 Å². The summed E-state index contributed by atoms with van der Waals surface area (Å²) in [6.07, 6.45) is 2.66. The topological polar surface area (TPSA) is 51.8 Å². The van der Waals surface area contributed by atoms with Crippen LogP contribution in [-0.4, -0.2) is 28.2 Å². The van der Waals surface area contributed by atoms with Crippen molar-refractivity contribution in [3.8, 4) is 44.9 Å². The zero-order valence-corrected chi connectivity index (χ0v) is 53.6. The molecule has 0 radical (unpaired) electrons. The molecule has 82 heavy (non-hydrogen) atoms. The maximum atomic E-state index is 8.57. The summed E-state index contributed by atoms with van der Waals surface area (Å²) in [7, 11) is 0. The van der Waals surface area contributed by atoms with Gasteiger partial charge in [-0.05, 0) is 108 Å². The van der Waals surface area contributed by atoms with Crippen molar-refractivity contribution in [2.45, 2.75) is 71.6 Å². The molecule has 0 atom stereocenters. The molecule has 0 aliphatic carbocycles. The minimum atomic E-state index is -1.81. The Labute approximate surface area is 511 Å². The first-order chi connectivity index (χ1) is 40.7. The van der Waals surface area contributed by atoms with Gasteiger partial charge in [-0.25, -0.2) is 0 Å². The Bertz CT molecular complexity index is 4830. The summed E-state index contributed by atoms with van der Waals surface area (Å²) >= 11 is 1.69. The van der Waals surface area contributed by atoms with Crippen molar-refractivity contribution in [2.24, 2.45) is 11.8 Å². The van der Waals surface area contributed by atoms with Crippen LogP contribution in [0.15, 0.2) is 193 Å². The van der Waals surface area contributed by atoms with Gasteiger partial charge in [0.25, 0.3) is 0 Å². The van der Waals surface area contributed by atoms with E-state index in [4.69, 9.17) is 9.90 Å². The minimum absolute atomic E-state index is 0. The first-order valence-electron chi connectivity index (χ1n) is 29.7. The fraction of sp³-hybridized carbons (Fsp3) is 0.176. The summed E-state index contributed by atoms with van der Waals surface area (Å²) < 4.78 is 46.0. The maximum absolute atomic E-state index is 8.57. The predicted octanol–water partition coefficient (Wildman–Crippen LogP) is 20.7. The molecule has 8 heteroatoms. The van der Waals surface area contributed by atoms with Gasteiger partial charge in [0.2, 0.25) is 0 Å². The Morgan fingerprint density at radius 1 is 0.524 bits per heavy atom. The van der Waals surface area contributed by atoms with E-state index in [-0.39, 0.29) is 31.9 Å². The number of nitrogens with zero attached hydrogens (tertiary/aromatic N) is 3. The Morgan fingerprint density at radius 3 is 1.74 bits per heavy atom. The van der Waals surface area contributed by atoms with Crippen molar-refractivity contribution < 1.29 is 30.0 Å². The number of aryl methyl sites for hydroxylation is 2. The third-order valence-electron chi connectivity index (χ3n) is 14.4. The summed E-state index contributed by atoms with van der Waals surface area (Å²) in [4.78, 5) is 13.9. The van der Waals surface area contributed by atoms with E-state index in [0.29, 0.717) is 11.1 Å². The Kier molecular flexibility index (Phi) is 15.2. The first-order valence-corrected chi connectivity index (χ1v) is 36.7. The molecule has 406 valence electrons. The number of thiophene rings is 2. The van der Waals surface area contributed by atoms with Crippen LogP contribution in [0.3, 0.4) is 0 Å². The monoisotopic (exact) mass is 1350 g/mol. The van der Waals surface area contributed by atoms with Crippen molar-refractivity contribution in [3.63, 3.8) is 0 Å². The zero-order chi connectivity index (χ0) is 59.5. The summed E-state index contributed by atoms with van der Waals surface area (Å²) in [5.41, 5.74) is 13.1. The number of pyridine rings is 3. The molecule has 0 fully saturated rings. The second-order valence-electron chi connectivity index (χ2n) is 22.4. The number of hydrogen-bond acceptors (Lipinski definition) is 6. The standard InChI is InChI=1S/C32H26NS.C22H20NS.C20H18GeNO.Ir/c1-20(2)15-22-13-14-33-30(18-22)29-17-21(3)16-28-27-19-24(11-12-31(27)34-32(28)29)26-10-6-8-23-7-4-5-9-25(23)26;1-14(2)10-16-8-9-23-20(13-16)19-12-15(3)11-18-17-6-4-5-7-21(17)24-22(18)19;1-21(2,3)15-9-10-18(22-13-15)14-8-11-20-17(12-14)16-6-4-5-7-19(16)23-20;/h4-14,16,18-20H,15H2,1-3H3;4-9,11,13-14H,10H2,1-3H3;4-7,9-13H,1-3H3;/q3*-1;+3/i15D2;10D2;;. The molecule has 6 heterocycles. The average molecular weight is 1340 g/mol. The first kappa shape index (κ1) is 51.8. The van der Waals surface area contributed by atoms with Gasteiger partial charge in [0, 0.05) is 27.3 Å².